The third-order valence-electron chi connectivity index (χ3n) is 1.81. The van der Waals surface area contributed by atoms with Crippen LogP contribution in [0.5, 0.6) is 0 Å². The van der Waals surface area contributed by atoms with Crippen LogP contribution in [0.4, 0.5) is 14.5 Å². The van der Waals surface area contributed by atoms with Gasteiger partial charge in [-0.25, -0.2) is 8.78 Å². The van der Waals surface area contributed by atoms with E-state index in [1.54, 1.807) is 0 Å². The number of nitrogens with one attached hydrogen (secondary N) is 1. The zero-order valence-corrected chi connectivity index (χ0v) is 7.85. The molecule has 0 aliphatic carbocycles. The van der Waals surface area contributed by atoms with E-state index in [-0.39, 0.29) is 6.04 Å². The van der Waals surface area contributed by atoms with E-state index in [0.29, 0.717) is 12.1 Å². The lowest BCUT2D eigenvalue weighted by Crippen LogP contribution is -2.15. The number of terminal acetylenes is 1. The van der Waals surface area contributed by atoms with E-state index in [0.717, 1.165) is 6.07 Å². The van der Waals surface area contributed by atoms with E-state index in [4.69, 9.17) is 6.42 Å². The van der Waals surface area contributed by atoms with Crippen LogP contribution in [-0.4, -0.2) is 6.04 Å². The molecule has 3 heteroatoms. The Morgan fingerprint density at radius 2 is 1.93 bits per heavy atom. The van der Waals surface area contributed by atoms with Gasteiger partial charge < -0.3 is 5.32 Å². The molecule has 0 amide bonds. The highest BCUT2D eigenvalue weighted by Gasteiger charge is 2.04. The molecule has 1 unspecified atom stereocenters. The maximum absolute atomic E-state index is 12.8. The molecule has 0 aromatic heterocycles. The number of halogens is 2. The molecule has 0 heterocycles. The Hall–Kier alpha value is -1.56. The molecule has 0 fully saturated rings. The lowest BCUT2D eigenvalue weighted by atomic mass is 10.2. The Kier molecular flexibility index (Phi) is 3.47. The Morgan fingerprint density at radius 1 is 1.36 bits per heavy atom. The number of hydrogen-bond acceptors (Lipinski definition) is 1. The molecule has 1 aromatic carbocycles. The second kappa shape index (κ2) is 4.61. The van der Waals surface area contributed by atoms with E-state index in [1.807, 2.05) is 6.92 Å². The lowest BCUT2D eigenvalue weighted by Gasteiger charge is -2.11. The standard InChI is InChI=1S/C11H11F2N/c1-3-10(4-2)14-11-6-8(12)5-9(13)7-11/h1,5-7,10,14H,4H2,2H3. The van der Waals surface area contributed by atoms with Gasteiger partial charge in [-0.05, 0) is 18.6 Å². The van der Waals surface area contributed by atoms with Gasteiger partial charge in [-0.1, -0.05) is 12.8 Å². The first-order valence-electron chi connectivity index (χ1n) is 4.34. The zero-order chi connectivity index (χ0) is 10.6. The average molecular weight is 195 g/mol. The van der Waals surface area contributed by atoms with Crippen molar-refractivity contribution in [2.75, 3.05) is 5.32 Å². The first kappa shape index (κ1) is 10.5. The third-order valence-corrected chi connectivity index (χ3v) is 1.81. The quantitative estimate of drug-likeness (QED) is 0.731. The Balaban J connectivity index is 2.82. The summed E-state index contributed by atoms with van der Waals surface area (Å²) in [6.07, 6.45) is 5.91. The van der Waals surface area contributed by atoms with Crippen molar-refractivity contribution in [3.8, 4) is 12.3 Å². The Morgan fingerprint density at radius 3 is 2.36 bits per heavy atom. The van der Waals surface area contributed by atoms with Crippen molar-refractivity contribution in [1.82, 2.24) is 0 Å². The monoisotopic (exact) mass is 195 g/mol. The fourth-order valence-corrected chi connectivity index (χ4v) is 1.10. The van der Waals surface area contributed by atoms with Gasteiger partial charge in [-0.15, -0.1) is 6.42 Å². The van der Waals surface area contributed by atoms with E-state index in [2.05, 4.69) is 11.2 Å². The van der Waals surface area contributed by atoms with Crippen molar-refractivity contribution in [3.63, 3.8) is 0 Å². The van der Waals surface area contributed by atoms with Crippen molar-refractivity contribution in [2.45, 2.75) is 19.4 Å². The molecule has 1 nitrogen and oxygen atoms in total. The summed E-state index contributed by atoms with van der Waals surface area (Å²) >= 11 is 0. The summed E-state index contributed by atoms with van der Waals surface area (Å²) in [4.78, 5) is 0. The molecule has 0 spiro atoms. The van der Waals surface area contributed by atoms with Crippen LogP contribution in [0.25, 0.3) is 0 Å². The van der Waals surface area contributed by atoms with Crippen molar-refractivity contribution < 1.29 is 8.78 Å². The van der Waals surface area contributed by atoms with E-state index in [1.165, 1.54) is 12.1 Å². The van der Waals surface area contributed by atoms with Crippen LogP contribution in [0.3, 0.4) is 0 Å². The van der Waals surface area contributed by atoms with Gasteiger partial charge in [0.15, 0.2) is 0 Å². The van der Waals surface area contributed by atoms with Crippen molar-refractivity contribution >= 4 is 5.69 Å². The zero-order valence-electron chi connectivity index (χ0n) is 7.85. The average Bonchev–Trinajstić information content (AvgIpc) is 2.12. The molecule has 14 heavy (non-hydrogen) atoms. The number of rotatable bonds is 3. The van der Waals surface area contributed by atoms with Crippen LogP contribution in [0.1, 0.15) is 13.3 Å². The van der Waals surface area contributed by atoms with Crippen LogP contribution < -0.4 is 5.32 Å². The van der Waals surface area contributed by atoms with Crippen LogP contribution in [-0.2, 0) is 0 Å². The van der Waals surface area contributed by atoms with Gasteiger partial charge >= 0.3 is 0 Å². The highest BCUT2D eigenvalue weighted by molar-refractivity contribution is 5.46. The molecule has 74 valence electrons. The largest absolute Gasteiger partial charge is 0.371 e. The number of hydrogen-bond donors (Lipinski definition) is 1. The van der Waals surface area contributed by atoms with Gasteiger partial charge in [-0.3, -0.25) is 0 Å². The highest BCUT2D eigenvalue weighted by atomic mass is 19.1. The van der Waals surface area contributed by atoms with Crippen LogP contribution in [0.2, 0.25) is 0 Å². The van der Waals surface area contributed by atoms with Gasteiger partial charge in [0, 0.05) is 11.8 Å². The number of benzene rings is 1. The van der Waals surface area contributed by atoms with Gasteiger partial charge in [0.1, 0.15) is 11.6 Å². The predicted molar refractivity (Wildman–Crippen MR) is 52.9 cm³/mol. The minimum absolute atomic E-state index is 0.198. The molecule has 0 radical (unpaired) electrons. The Labute approximate surface area is 82.1 Å². The van der Waals surface area contributed by atoms with Crippen molar-refractivity contribution in [2.24, 2.45) is 0 Å². The maximum atomic E-state index is 12.8. The minimum atomic E-state index is -0.612. The van der Waals surface area contributed by atoms with Gasteiger partial charge in [-0.2, -0.15) is 0 Å². The molecule has 1 N–H and O–H groups in total. The SMILES string of the molecule is C#CC(CC)Nc1cc(F)cc(F)c1. The first-order valence-corrected chi connectivity index (χ1v) is 4.34. The molecule has 0 saturated carbocycles. The normalized spacial score (nSPS) is 11.9. The van der Waals surface area contributed by atoms with Crippen molar-refractivity contribution in [1.29, 1.82) is 0 Å². The van der Waals surface area contributed by atoms with E-state index >= 15 is 0 Å². The maximum Gasteiger partial charge on any atom is 0.128 e. The summed E-state index contributed by atoms with van der Waals surface area (Å²) in [6, 6.07) is 3.05. The van der Waals surface area contributed by atoms with Gasteiger partial charge in [0.2, 0.25) is 0 Å². The van der Waals surface area contributed by atoms with E-state index in [9.17, 15) is 8.78 Å². The smallest absolute Gasteiger partial charge is 0.128 e. The molecule has 1 rings (SSSR count). The Bertz CT molecular complexity index is 335. The molecule has 1 aromatic rings. The van der Waals surface area contributed by atoms with Gasteiger partial charge in [0.05, 0.1) is 6.04 Å². The topological polar surface area (TPSA) is 12.0 Å². The molecule has 1 atom stereocenters. The van der Waals surface area contributed by atoms with Gasteiger partial charge in [0.25, 0.3) is 0 Å². The second-order valence-electron chi connectivity index (χ2n) is 2.93. The second-order valence-corrected chi connectivity index (χ2v) is 2.93. The summed E-state index contributed by atoms with van der Waals surface area (Å²) < 4.78 is 25.5. The van der Waals surface area contributed by atoms with Crippen LogP contribution >= 0.6 is 0 Å². The summed E-state index contributed by atoms with van der Waals surface area (Å²) in [5, 5.41) is 2.84. The molecule has 0 aliphatic heterocycles. The molecule has 0 bridgehead atoms. The fourth-order valence-electron chi connectivity index (χ4n) is 1.10. The summed E-state index contributed by atoms with van der Waals surface area (Å²) in [6.45, 7) is 1.90. The summed E-state index contributed by atoms with van der Waals surface area (Å²) in [5.74, 6) is 1.26. The highest BCUT2D eigenvalue weighted by Crippen LogP contribution is 2.14. The fraction of sp³-hybridized carbons (Fsp3) is 0.273. The lowest BCUT2D eigenvalue weighted by molar-refractivity contribution is 0.583. The molecular formula is C11H11F2N. The summed E-state index contributed by atoms with van der Waals surface area (Å²) in [7, 11) is 0. The minimum Gasteiger partial charge on any atom is -0.371 e. The molecule has 0 aliphatic rings. The first-order chi connectivity index (χ1) is 6.65. The van der Waals surface area contributed by atoms with Crippen LogP contribution in [0.15, 0.2) is 18.2 Å². The van der Waals surface area contributed by atoms with E-state index < -0.39 is 11.6 Å². The summed E-state index contributed by atoms with van der Waals surface area (Å²) in [5.41, 5.74) is 0.368. The third kappa shape index (κ3) is 2.74. The predicted octanol–water partition coefficient (Wildman–Crippen LogP) is 2.79. The van der Waals surface area contributed by atoms with Crippen molar-refractivity contribution in [3.05, 3.63) is 29.8 Å². The van der Waals surface area contributed by atoms with Crippen LogP contribution in [0, 0.1) is 24.0 Å². The molecular weight excluding hydrogens is 184 g/mol. The molecule has 0 saturated heterocycles. The number of anilines is 1.